The number of Topliss-reactive ketones (excluding diaryl/α,β-unsaturated/α-hetero) is 1. The third kappa shape index (κ3) is 1.92. The average Bonchev–Trinajstić information content (AvgIpc) is 2.86. The molecule has 3 rings (SSSR count). The van der Waals surface area contributed by atoms with Crippen molar-refractivity contribution in [2.75, 3.05) is 19.7 Å². The van der Waals surface area contributed by atoms with E-state index in [9.17, 15) is 4.79 Å². The molecule has 0 amide bonds. The van der Waals surface area contributed by atoms with Crippen molar-refractivity contribution >= 4 is 16.8 Å². The van der Waals surface area contributed by atoms with E-state index in [-0.39, 0.29) is 5.78 Å². The van der Waals surface area contributed by atoms with Crippen LogP contribution in [0.3, 0.4) is 0 Å². The van der Waals surface area contributed by atoms with Gasteiger partial charge in [-0.1, -0.05) is 0 Å². The maximum atomic E-state index is 12.1. The van der Waals surface area contributed by atoms with Gasteiger partial charge < -0.3 is 10.1 Å². The van der Waals surface area contributed by atoms with Crippen molar-refractivity contribution in [3.05, 3.63) is 23.8 Å². The highest BCUT2D eigenvalue weighted by atomic mass is 16.6. The predicted octanol–water partition coefficient (Wildman–Crippen LogP) is 0.394. The van der Waals surface area contributed by atoms with Gasteiger partial charge in [-0.15, -0.1) is 0 Å². The second-order valence-electron chi connectivity index (χ2n) is 3.90. The van der Waals surface area contributed by atoms with E-state index in [4.69, 9.17) is 4.74 Å². The molecular formula is C11H11N3O3. The molecule has 0 spiro atoms. The van der Waals surface area contributed by atoms with E-state index < -0.39 is 6.10 Å². The number of aromatic nitrogens is 2. The van der Waals surface area contributed by atoms with Crippen molar-refractivity contribution in [1.29, 1.82) is 0 Å². The lowest BCUT2D eigenvalue weighted by molar-refractivity contribution is 0.0269. The Bertz CT molecular complexity index is 546. The van der Waals surface area contributed by atoms with Crippen LogP contribution in [0.25, 0.3) is 11.0 Å². The van der Waals surface area contributed by atoms with Crippen molar-refractivity contribution in [2.45, 2.75) is 6.10 Å². The molecule has 1 aliphatic rings. The van der Waals surface area contributed by atoms with Gasteiger partial charge in [0, 0.05) is 18.7 Å². The van der Waals surface area contributed by atoms with Crippen molar-refractivity contribution in [3.63, 3.8) is 0 Å². The number of fused-ring (bicyclic) bond motifs is 1. The lowest BCUT2D eigenvalue weighted by atomic mass is 10.0. The van der Waals surface area contributed by atoms with E-state index >= 15 is 0 Å². The van der Waals surface area contributed by atoms with Gasteiger partial charge in [0.2, 0.25) is 0 Å². The van der Waals surface area contributed by atoms with E-state index in [0.29, 0.717) is 29.7 Å². The number of ketones is 1. The molecule has 0 radical (unpaired) electrons. The lowest BCUT2D eigenvalue weighted by Gasteiger charge is -2.22. The molecule has 0 aliphatic carbocycles. The number of carbonyl (C=O) groups excluding carboxylic acids is 1. The Morgan fingerprint density at radius 3 is 3.06 bits per heavy atom. The highest BCUT2D eigenvalue weighted by Gasteiger charge is 2.23. The topological polar surface area (TPSA) is 77.2 Å². The summed E-state index contributed by atoms with van der Waals surface area (Å²) in [6.07, 6.45) is -0.416. The Labute approximate surface area is 96.9 Å². The van der Waals surface area contributed by atoms with Gasteiger partial charge in [0.1, 0.15) is 17.1 Å². The second-order valence-corrected chi connectivity index (χ2v) is 3.90. The largest absolute Gasteiger partial charge is 0.367 e. The minimum Gasteiger partial charge on any atom is -0.367 e. The Kier molecular flexibility index (Phi) is 2.58. The first kappa shape index (κ1) is 10.4. The van der Waals surface area contributed by atoms with Crippen LogP contribution in [-0.4, -0.2) is 41.9 Å². The van der Waals surface area contributed by atoms with Crippen LogP contribution in [0.15, 0.2) is 22.8 Å². The Morgan fingerprint density at radius 1 is 1.35 bits per heavy atom. The van der Waals surface area contributed by atoms with E-state index in [1.807, 2.05) is 0 Å². The molecule has 6 nitrogen and oxygen atoms in total. The number of rotatable bonds is 2. The number of nitrogens with zero attached hydrogens (tertiary/aromatic N) is 2. The van der Waals surface area contributed by atoms with Crippen LogP contribution in [0, 0.1) is 0 Å². The minimum atomic E-state index is -0.416. The highest BCUT2D eigenvalue weighted by Crippen LogP contribution is 2.14. The molecule has 1 N–H and O–H groups in total. The summed E-state index contributed by atoms with van der Waals surface area (Å²) in [6.45, 7) is 1.90. The first-order valence-corrected chi connectivity index (χ1v) is 5.43. The molecular weight excluding hydrogens is 222 g/mol. The van der Waals surface area contributed by atoms with Crippen LogP contribution >= 0.6 is 0 Å². The molecule has 2 aromatic rings. The number of nitrogens with one attached hydrogen (secondary N) is 1. The number of carbonyl (C=O) groups is 1. The molecule has 88 valence electrons. The maximum Gasteiger partial charge on any atom is 0.192 e. The van der Waals surface area contributed by atoms with Crippen molar-refractivity contribution in [1.82, 2.24) is 15.6 Å². The van der Waals surface area contributed by atoms with E-state index in [2.05, 4.69) is 20.3 Å². The fourth-order valence-corrected chi connectivity index (χ4v) is 1.86. The SMILES string of the molecule is O=C(c1ccc2nonc2c1)C1CNCCO1. The fourth-order valence-electron chi connectivity index (χ4n) is 1.86. The fraction of sp³-hybridized carbons (Fsp3) is 0.364. The smallest absolute Gasteiger partial charge is 0.192 e. The van der Waals surface area contributed by atoms with Gasteiger partial charge in [-0.3, -0.25) is 4.79 Å². The standard InChI is InChI=1S/C11H11N3O3/c15-11(10-6-12-3-4-16-10)7-1-2-8-9(5-7)14-17-13-8/h1-2,5,10,12H,3-4,6H2. The zero-order valence-corrected chi connectivity index (χ0v) is 9.05. The number of morpholine rings is 1. The molecule has 1 unspecified atom stereocenters. The molecule has 0 bridgehead atoms. The van der Waals surface area contributed by atoms with Gasteiger partial charge in [-0.05, 0) is 28.5 Å². The van der Waals surface area contributed by atoms with E-state index in [1.165, 1.54) is 0 Å². The van der Waals surface area contributed by atoms with Gasteiger partial charge in [0.05, 0.1) is 6.61 Å². The minimum absolute atomic E-state index is 0.0397. The number of ether oxygens (including phenoxy) is 1. The van der Waals surface area contributed by atoms with E-state index in [0.717, 1.165) is 6.54 Å². The summed E-state index contributed by atoms with van der Waals surface area (Å²) >= 11 is 0. The lowest BCUT2D eigenvalue weighted by Crippen LogP contribution is -2.43. The Balaban J connectivity index is 1.88. The summed E-state index contributed by atoms with van der Waals surface area (Å²) in [4.78, 5) is 12.1. The quantitative estimate of drug-likeness (QED) is 0.756. The normalized spacial score (nSPS) is 20.6. The molecule has 17 heavy (non-hydrogen) atoms. The molecule has 6 heteroatoms. The monoisotopic (exact) mass is 233 g/mol. The Hall–Kier alpha value is -1.79. The molecule has 1 fully saturated rings. The van der Waals surface area contributed by atoms with Crippen LogP contribution in [0.4, 0.5) is 0 Å². The summed E-state index contributed by atoms with van der Waals surface area (Å²) in [7, 11) is 0. The van der Waals surface area contributed by atoms with Crippen LogP contribution in [0.1, 0.15) is 10.4 Å². The van der Waals surface area contributed by atoms with E-state index in [1.54, 1.807) is 18.2 Å². The highest BCUT2D eigenvalue weighted by molar-refractivity contribution is 6.01. The van der Waals surface area contributed by atoms with Crippen LogP contribution in [0.2, 0.25) is 0 Å². The maximum absolute atomic E-state index is 12.1. The van der Waals surface area contributed by atoms with Gasteiger partial charge in [0.25, 0.3) is 0 Å². The number of benzene rings is 1. The third-order valence-corrected chi connectivity index (χ3v) is 2.76. The predicted molar refractivity (Wildman–Crippen MR) is 58.7 cm³/mol. The molecule has 1 aromatic heterocycles. The molecule has 1 aliphatic heterocycles. The summed E-state index contributed by atoms with van der Waals surface area (Å²) in [5.74, 6) is -0.0397. The average molecular weight is 233 g/mol. The number of hydrogen-bond donors (Lipinski definition) is 1. The third-order valence-electron chi connectivity index (χ3n) is 2.76. The molecule has 1 aromatic carbocycles. The summed E-state index contributed by atoms with van der Waals surface area (Å²) in [6, 6.07) is 5.11. The van der Waals surface area contributed by atoms with Gasteiger partial charge in [0.15, 0.2) is 5.78 Å². The first-order valence-electron chi connectivity index (χ1n) is 5.43. The first-order chi connectivity index (χ1) is 8.34. The van der Waals surface area contributed by atoms with Crippen LogP contribution < -0.4 is 5.32 Å². The number of hydrogen-bond acceptors (Lipinski definition) is 6. The zero-order valence-electron chi connectivity index (χ0n) is 9.05. The second kappa shape index (κ2) is 4.23. The summed E-state index contributed by atoms with van der Waals surface area (Å²) < 4.78 is 10.0. The molecule has 0 saturated carbocycles. The van der Waals surface area contributed by atoms with Crippen LogP contribution in [-0.2, 0) is 4.74 Å². The van der Waals surface area contributed by atoms with Gasteiger partial charge in [-0.2, -0.15) is 0 Å². The molecule has 1 saturated heterocycles. The Morgan fingerprint density at radius 2 is 2.24 bits per heavy atom. The van der Waals surface area contributed by atoms with Gasteiger partial charge >= 0.3 is 0 Å². The summed E-state index contributed by atoms with van der Waals surface area (Å²) in [5.41, 5.74) is 1.80. The summed E-state index contributed by atoms with van der Waals surface area (Å²) in [5, 5.41) is 10.5. The van der Waals surface area contributed by atoms with Crippen molar-refractivity contribution in [3.8, 4) is 0 Å². The van der Waals surface area contributed by atoms with Crippen LogP contribution in [0.5, 0.6) is 0 Å². The van der Waals surface area contributed by atoms with Crippen molar-refractivity contribution < 1.29 is 14.2 Å². The molecule has 1 atom stereocenters. The zero-order chi connectivity index (χ0) is 11.7. The molecule has 2 heterocycles. The van der Waals surface area contributed by atoms with Crippen molar-refractivity contribution in [2.24, 2.45) is 0 Å². The van der Waals surface area contributed by atoms with Gasteiger partial charge in [-0.25, -0.2) is 4.63 Å².